The maximum atomic E-state index is 12.6. The molecule has 0 radical (unpaired) electrons. The van der Waals surface area contributed by atoms with Crippen molar-refractivity contribution in [1.29, 1.82) is 0 Å². The van der Waals surface area contributed by atoms with Gasteiger partial charge in [0.1, 0.15) is 0 Å². The number of H-pyrrole nitrogens is 1. The van der Waals surface area contributed by atoms with Crippen molar-refractivity contribution in [2.45, 2.75) is 33.8 Å². The monoisotopic (exact) mass is 344 g/mol. The van der Waals surface area contributed by atoms with Crippen molar-refractivity contribution >= 4 is 17.5 Å². The number of esters is 1. The van der Waals surface area contributed by atoms with E-state index < -0.39 is 17.9 Å². The van der Waals surface area contributed by atoms with Crippen molar-refractivity contribution in [1.82, 2.24) is 9.97 Å². The molecule has 0 unspecified atom stereocenters. The molecule has 7 heteroatoms. The van der Waals surface area contributed by atoms with Gasteiger partial charge >= 0.3 is 5.97 Å². The number of nitrogens with zero attached hydrogens (tertiary/aromatic N) is 1. The number of ketones is 2. The third kappa shape index (κ3) is 3.76. The second-order valence-corrected chi connectivity index (χ2v) is 5.68. The molecule has 2 heterocycles. The molecule has 0 aliphatic heterocycles. The summed E-state index contributed by atoms with van der Waals surface area (Å²) in [5.74, 6) is -0.819. The highest BCUT2D eigenvalue weighted by Gasteiger charge is 2.26. The lowest BCUT2D eigenvalue weighted by molar-refractivity contribution is 0.0316. The maximum absolute atomic E-state index is 12.6. The van der Waals surface area contributed by atoms with Crippen LogP contribution in [0.4, 0.5) is 0 Å². The van der Waals surface area contributed by atoms with Crippen molar-refractivity contribution in [3.63, 3.8) is 0 Å². The molecule has 2 rings (SSSR count). The van der Waals surface area contributed by atoms with Gasteiger partial charge in [-0.2, -0.15) is 0 Å². The third-order valence-corrected chi connectivity index (χ3v) is 3.87. The topological polar surface area (TPSA) is 98.4 Å². The van der Waals surface area contributed by atoms with E-state index in [4.69, 9.17) is 9.47 Å². The number of rotatable bonds is 6. The van der Waals surface area contributed by atoms with Gasteiger partial charge in [-0.15, -0.1) is 0 Å². The number of Topliss-reactive ketones (excluding diaryl/α,β-unsaturated/α-hetero) is 2. The number of hydrogen-bond acceptors (Lipinski definition) is 6. The van der Waals surface area contributed by atoms with Gasteiger partial charge in [0, 0.05) is 23.5 Å². The minimum absolute atomic E-state index is 0.126. The van der Waals surface area contributed by atoms with Gasteiger partial charge in [0.2, 0.25) is 11.7 Å². The fourth-order valence-electron chi connectivity index (χ4n) is 2.63. The first-order valence-corrected chi connectivity index (χ1v) is 7.71. The first-order valence-electron chi connectivity index (χ1n) is 7.71. The third-order valence-electron chi connectivity index (χ3n) is 3.87. The standard InChI is InChI=1S/C18H20N2O5/c1-9-15(11(3)21)10(2)20-16(9)17(22)12(4)25-18(23)13-6-7-14(24-5)19-8-13/h6-8,12,20H,1-5H3/t12-/m1/s1. The summed E-state index contributed by atoms with van der Waals surface area (Å²) in [6, 6.07) is 3.03. The number of carbonyl (C=O) groups is 3. The van der Waals surface area contributed by atoms with Gasteiger partial charge in [0.15, 0.2) is 11.9 Å². The van der Waals surface area contributed by atoms with E-state index >= 15 is 0 Å². The molecular formula is C18H20N2O5. The van der Waals surface area contributed by atoms with Crippen molar-refractivity contribution in [3.05, 3.63) is 46.4 Å². The van der Waals surface area contributed by atoms with Crippen LogP contribution >= 0.6 is 0 Å². The predicted molar refractivity (Wildman–Crippen MR) is 90.3 cm³/mol. The van der Waals surface area contributed by atoms with Crippen LogP contribution in [0.25, 0.3) is 0 Å². The van der Waals surface area contributed by atoms with Crippen LogP contribution in [0.1, 0.15) is 56.3 Å². The summed E-state index contributed by atoms with van der Waals surface area (Å²) < 4.78 is 10.1. The van der Waals surface area contributed by atoms with Crippen LogP contribution in [0, 0.1) is 13.8 Å². The molecule has 25 heavy (non-hydrogen) atoms. The number of hydrogen-bond donors (Lipinski definition) is 1. The Morgan fingerprint density at radius 2 is 1.88 bits per heavy atom. The SMILES string of the molecule is COc1ccc(C(=O)O[C@H](C)C(=O)c2[nH]c(C)c(C(C)=O)c2C)cn1. The maximum Gasteiger partial charge on any atom is 0.340 e. The molecular weight excluding hydrogens is 324 g/mol. The van der Waals surface area contributed by atoms with Crippen LogP contribution in [-0.2, 0) is 4.74 Å². The number of aryl methyl sites for hydroxylation is 1. The van der Waals surface area contributed by atoms with Gasteiger partial charge in [-0.3, -0.25) is 9.59 Å². The largest absolute Gasteiger partial charge is 0.481 e. The van der Waals surface area contributed by atoms with E-state index in [1.54, 1.807) is 13.8 Å². The molecule has 2 aromatic rings. The zero-order chi connectivity index (χ0) is 18.7. The van der Waals surface area contributed by atoms with Crippen molar-refractivity contribution in [2.75, 3.05) is 7.11 Å². The molecule has 0 saturated heterocycles. The van der Waals surface area contributed by atoms with Crippen molar-refractivity contribution in [3.8, 4) is 5.88 Å². The van der Waals surface area contributed by atoms with E-state index in [9.17, 15) is 14.4 Å². The number of methoxy groups -OCH3 is 1. The second kappa shape index (κ2) is 7.29. The van der Waals surface area contributed by atoms with Crippen LogP contribution in [-0.4, -0.2) is 40.7 Å². The minimum Gasteiger partial charge on any atom is -0.481 e. The highest BCUT2D eigenvalue weighted by Crippen LogP contribution is 2.21. The number of ether oxygens (including phenoxy) is 2. The minimum atomic E-state index is -1.01. The van der Waals surface area contributed by atoms with Crippen molar-refractivity contribution < 1.29 is 23.9 Å². The fraction of sp³-hybridized carbons (Fsp3) is 0.333. The molecule has 0 saturated carbocycles. The molecule has 1 N–H and O–H groups in total. The highest BCUT2D eigenvalue weighted by molar-refractivity contribution is 6.05. The van der Waals surface area contributed by atoms with E-state index in [1.165, 1.54) is 39.3 Å². The Hall–Kier alpha value is -2.96. The van der Waals surface area contributed by atoms with Crippen LogP contribution in [0.15, 0.2) is 18.3 Å². The second-order valence-electron chi connectivity index (χ2n) is 5.68. The lowest BCUT2D eigenvalue weighted by Crippen LogP contribution is -2.25. The summed E-state index contributed by atoms with van der Waals surface area (Å²) in [4.78, 5) is 43.2. The predicted octanol–water partition coefficient (Wildman–Crippen LogP) is 2.67. The Labute approximate surface area is 145 Å². The summed E-state index contributed by atoms with van der Waals surface area (Å²) in [6.45, 7) is 6.34. The smallest absolute Gasteiger partial charge is 0.340 e. The molecule has 0 spiro atoms. The number of aromatic nitrogens is 2. The van der Waals surface area contributed by atoms with Crippen LogP contribution in [0.5, 0.6) is 5.88 Å². The van der Waals surface area contributed by atoms with E-state index in [0.29, 0.717) is 22.7 Å². The molecule has 0 aliphatic rings. The summed E-state index contributed by atoms with van der Waals surface area (Å²) in [5, 5.41) is 0. The Morgan fingerprint density at radius 1 is 1.20 bits per heavy atom. The van der Waals surface area contributed by atoms with Gasteiger partial charge in [-0.25, -0.2) is 9.78 Å². The Bertz CT molecular complexity index is 821. The lowest BCUT2D eigenvalue weighted by atomic mass is 10.0. The van der Waals surface area contributed by atoms with Crippen LogP contribution in [0.3, 0.4) is 0 Å². The number of pyridine rings is 1. The molecule has 0 amide bonds. The molecule has 7 nitrogen and oxygen atoms in total. The van der Waals surface area contributed by atoms with Crippen LogP contribution in [0.2, 0.25) is 0 Å². The van der Waals surface area contributed by atoms with E-state index in [1.807, 2.05) is 0 Å². The molecule has 0 aliphatic carbocycles. The highest BCUT2D eigenvalue weighted by atomic mass is 16.5. The summed E-state index contributed by atoms with van der Waals surface area (Å²) in [5.41, 5.74) is 2.15. The molecule has 1 atom stereocenters. The van der Waals surface area contributed by atoms with E-state index in [0.717, 1.165) is 0 Å². The zero-order valence-corrected chi connectivity index (χ0v) is 14.8. The first kappa shape index (κ1) is 18.4. The first-order chi connectivity index (χ1) is 11.8. The lowest BCUT2D eigenvalue weighted by Gasteiger charge is -2.12. The summed E-state index contributed by atoms with van der Waals surface area (Å²) in [7, 11) is 1.47. The number of aromatic amines is 1. The Morgan fingerprint density at radius 3 is 2.36 bits per heavy atom. The number of nitrogens with one attached hydrogen (secondary N) is 1. The molecule has 0 bridgehead atoms. The summed E-state index contributed by atoms with van der Waals surface area (Å²) >= 11 is 0. The van der Waals surface area contributed by atoms with Gasteiger partial charge in [-0.1, -0.05) is 0 Å². The summed E-state index contributed by atoms with van der Waals surface area (Å²) in [6.07, 6.45) is 0.308. The van der Waals surface area contributed by atoms with Crippen molar-refractivity contribution in [2.24, 2.45) is 0 Å². The average molecular weight is 344 g/mol. The van der Waals surface area contributed by atoms with Gasteiger partial charge in [0.05, 0.1) is 18.4 Å². The van der Waals surface area contributed by atoms with E-state index in [-0.39, 0.29) is 17.0 Å². The van der Waals surface area contributed by atoms with Gasteiger partial charge in [-0.05, 0) is 39.3 Å². The Balaban J connectivity index is 2.16. The van der Waals surface area contributed by atoms with Gasteiger partial charge in [0.25, 0.3) is 0 Å². The average Bonchev–Trinajstić information content (AvgIpc) is 2.88. The fourth-order valence-corrected chi connectivity index (χ4v) is 2.63. The quantitative estimate of drug-likeness (QED) is 0.639. The van der Waals surface area contributed by atoms with Crippen LogP contribution < -0.4 is 4.74 Å². The molecule has 0 aromatic carbocycles. The number of carbonyl (C=O) groups excluding carboxylic acids is 3. The molecule has 132 valence electrons. The molecule has 2 aromatic heterocycles. The van der Waals surface area contributed by atoms with Gasteiger partial charge < -0.3 is 14.5 Å². The normalized spacial score (nSPS) is 11.7. The zero-order valence-electron chi connectivity index (χ0n) is 14.8. The molecule has 0 fully saturated rings. The Kier molecular flexibility index (Phi) is 5.36. The van der Waals surface area contributed by atoms with E-state index in [2.05, 4.69) is 9.97 Å².